The maximum atomic E-state index is 6.12. The fourth-order valence-corrected chi connectivity index (χ4v) is 2.79. The smallest absolute Gasteiger partial charge is 0.224 e. The molecule has 0 unspecified atom stereocenters. The molecule has 1 saturated heterocycles. The van der Waals surface area contributed by atoms with Crippen molar-refractivity contribution in [3.8, 4) is 0 Å². The lowest BCUT2D eigenvalue weighted by Crippen LogP contribution is -2.34. The Labute approximate surface area is 131 Å². The van der Waals surface area contributed by atoms with Crippen LogP contribution in [0.1, 0.15) is 32.9 Å². The Hall–Kier alpha value is -0.910. The predicted octanol–water partition coefficient (Wildman–Crippen LogP) is 2.67. The molecular formula is C15H24ClN3O2. The average Bonchev–Trinajstić information content (AvgIpc) is 2.81. The molecule has 1 aliphatic rings. The van der Waals surface area contributed by atoms with E-state index < -0.39 is 0 Å². The third-order valence-corrected chi connectivity index (χ3v) is 3.99. The first-order chi connectivity index (χ1) is 9.85. The van der Waals surface area contributed by atoms with Crippen molar-refractivity contribution in [1.29, 1.82) is 0 Å². The van der Waals surface area contributed by atoms with Gasteiger partial charge in [0, 0.05) is 32.2 Å². The molecule has 2 rings (SSSR count). The quantitative estimate of drug-likeness (QED) is 0.800. The molecule has 2 heterocycles. The second-order valence-electron chi connectivity index (χ2n) is 6.49. The average molecular weight is 314 g/mol. The summed E-state index contributed by atoms with van der Waals surface area (Å²) in [5.41, 5.74) is 0.868. The van der Waals surface area contributed by atoms with E-state index in [4.69, 9.17) is 21.1 Å². The third-order valence-electron chi connectivity index (χ3n) is 3.82. The topological polar surface area (TPSA) is 47.5 Å². The van der Waals surface area contributed by atoms with Gasteiger partial charge in [0.15, 0.2) is 0 Å². The van der Waals surface area contributed by atoms with E-state index in [2.05, 4.69) is 35.6 Å². The van der Waals surface area contributed by atoms with Crippen molar-refractivity contribution in [2.75, 3.05) is 32.3 Å². The molecule has 5 nitrogen and oxygen atoms in total. The zero-order valence-electron chi connectivity index (χ0n) is 13.4. The van der Waals surface area contributed by atoms with Crippen molar-refractivity contribution in [3.63, 3.8) is 0 Å². The maximum Gasteiger partial charge on any atom is 0.224 e. The summed E-state index contributed by atoms with van der Waals surface area (Å²) in [4.78, 5) is 11.0. The molecule has 1 aliphatic heterocycles. The van der Waals surface area contributed by atoms with Gasteiger partial charge in [0.2, 0.25) is 5.28 Å². The second kappa shape index (κ2) is 6.46. The van der Waals surface area contributed by atoms with Crippen LogP contribution in [0.15, 0.2) is 6.07 Å². The van der Waals surface area contributed by atoms with Crippen LogP contribution in [0.3, 0.4) is 0 Å². The highest BCUT2D eigenvalue weighted by molar-refractivity contribution is 6.28. The SMILES string of the molecule is COC[C@@H]1C[C@@H](OC)CN1c1cc(C(C)(C)C)nc(Cl)n1. The van der Waals surface area contributed by atoms with Gasteiger partial charge in [-0.2, -0.15) is 0 Å². The van der Waals surface area contributed by atoms with Crippen LogP contribution >= 0.6 is 11.6 Å². The Morgan fingerprint density at radius 1 is 1.33 bits per heavy atom. The highest BCUT2D eigenvalue weighted by Gasteiger charge is 2.34. The van der Waals surface area contributed by atoms with Crippen LogP contribution in [0.5, 0.6) is 0 Å². The Bertz CT molecular complexity index is 490. The molecule has 6 heteroatoms. The monoisotopic (exact) mass is 313 g/mol. The van der Waals surface area contributed by atoms with Crippen LogP contribution < -0.4 is 4.90 Å². The van der Waals surface area contributed by atoms with Gasteiger partial charge in [0.05, 0.1) is 24.4 Å². The summed E-state index contributed by atoms with van der Waals surface area (Å²) in [6, 6.07) is 2.27. The largest absolute Gasteiger partial charge is 0.383 e. The molecule has 0 bridgehead atoms. The fraction of sp³-hybridized carbons (Fsp3) is 0.733. The number of anilines is 1. The minimum Gasteiger partial charge on any atom is -0.383 e. The minimum absolute atomic E-state index is 0.0710. The predicted molar refractivity (Wildman–Crippen MR) is 84.2 cm³/mol. The number of rotatable bonds is 4. The lowest BCUT2D eigenvalue weighted by Gasteiger charge is -2.27. The summed E-state index contributed by atoms with van der Waals surface area (Å²) in [5, 5.41) is 0.287. The van der Waals surface area contributed by atoms with Gasteiger partial charge < -0.3 is 14.4 Å². The second-order valence-corrected chi connectivity index (χ2v) is 6.82. The van der Waals surface area contributed by atoms with Gasteiger partial charge in [-0.25, -0.2) is 9.97 Å². The van der Waals surface area contributed by atoms with E-state index >= 15 is 0 Å². The molecular weight excluding hydrogens is 290 g/mol. The van der Waals surface area contributed by atoms with Gasteiger partial charge in [0.1, 0.15) is 5.82 Å². The van der Waals surface area contributed by atoms with E-state index in [1.54, 1.807) is 14.2 Å². The molecule has 0 aromatic carbocycles. The highest BCUT2D eigenvalue weighted by atomic mass is 35.5. The van der Waals surface area contributed by atoms with Crippen LogP contribution in [0.2, 0.25) is 5.28 Å². The molecule has 1 aromatic heterocycles. The van der Waals surface area contributed by atoms with Gasteiger partial charge in [-0.05, 0) is 18.0 Å². The molecule has 0 saturated carbocycles. The Morgan fingerprint density at radius 3 is 2.62 bits per heavy atom. The molecule has 1 aromatic rings. The number of hydrogen-bond donors (Lipinski definition) is 0. The summed E-state index contributed by atoms with van der Waals surface area (Å²) in [6.45, 7) is 7.78. The number of hydrogen-bond acceptors (Lipinski definition) is 5. The molecule has 0 N–H and O–H groups in total. The lowest BCUT2D eigenvalue weighted by atomic mass is 9.92. The van der Waals surface area contributed by atoms with Crippen molar-refractivity contribution in [1.82, 2.24) is 9.97 Å². The minimum atomic E-state index is -0.0710. The van der Waals surface area contributed by atoms with Crippen LogP contribution in [-0.2, 0) is 14.9 Å². The molecule has 0 aliphatic carbocycles. The Kier molecular flexibility index (Phi) is 5.07. The van der Waals surface area contributed by atoms with E-state index in [9.17, 15) is 0 Å². The number of nitrogens with zero attached hydrogens (tertiary/aromatic N) is 3. The van der Waals surface area contributed by atoms with Gasteiger partial charge in [-0.15, -0.1) is 0 Å². The number of ether oxygens (including phenoxy) is 2. The summed E-state index contributed by atoms with van der Waals surface area (Å²) >= 11 is 6.12. The van der Waals surface area contributed by atoms with E-state index in [-0.39, 0.29) is 22.8 Å². The number of halogens is 1. The van der Waals surface area contributed by atoms with Crippen molar-refractivity contribution >= 4 is 17.4 Å². The molecule has 0 spiro atoms. The highest BCUT2D eigenvalue weighted by Crippen LogP contribution is 2.30. The van der Waals surface area contributed by atoms with Gasteiger partial charge in [-0.3, -0.25) is 0 Å². The molecule has 118 valence electrons. The van der Waals surface area contributed by atoms with E-state index in [0.717, 1.165) is 24.5 Å². The first-order valence-corrected chi connectivity index (χ1v) is 7.56. The first kappa shape index (κ1) is 16.5. The van der Waals surface area contributed by atoms with E-state index in [1.165, 1.54) is 0 Å². The zero-order valence-corrected chi connectivity index (χ0v) is 14.1. The molecule has 2 atom stereocenters. The summed E-state index contributed by atoms with van der Waals surface area (Å²) in [6.07, 6.45) is 1.12. The van der Waals surface area contributed by atoms with E-state index in [1.807, 2.05) is 6.07 Å². The van der Waals surface area contributed by atoms with Gasteiger partial charge >= 0.3 is 0 Å². The van der Waals surface area contributed by atoms with E-state index in [0.29, 0.717) is 6.61 Å². The Balaban J connectivity index is 2.33. The van der Waals surface area contributed by atoms with Crippen LogP contribution in [0, 0.1) is 0 Å². The van der Waals surface area contributed by atoms with Gasteiger partial charge in [-0.1, -0.05) is 20.8 Å². The summed E-state index contributed by atoms with van der Waals surface area (Å²) < 4.78 is 10.8. The summed E-state index contributed by atoms with van der Waals surface area (Å²) in [7, 11) is 3.46. The number of aromatic nitrogens is 2. The molecule has 0 amide bonds. The molecule has 0 radical (unpaired) electrons. The van der Waals surface area contributed by atoms with Crippen LogP contribution in [0.4, 0.5) is 5.82 Å². The Morgan fingerprint density at radius 2 is 2.05 bits per heavy atom. The normalized spacial score (nSPS) is 22.9. The standard InChI is InChI=1S/C15H24ClN3O2/c1-15(2,3)12-7-13(18-14(16)17-12)19-8-11(21-5)6-10(19)9-20-4/h7,10-11H,6,8-9H2,1-5H3/t10-,11+/m0/s1. The van der Waals surface area contributed by atoms with Crippen molar-refractivity contribution in [3.05, 3.63) is 17.0 Å². The fourth-order valence-electron chi connectivity index (χ4n) is 2.61. The third kappa shape index (κ3) is 3.84. The lowest BCUT2D eigenvalue weighted by molar-refractivity contribution is 0.111. The van der Waals surface area contributed by atoms with Crippen molar-refractivity contribution in [2.24, 2.45) is 0 Å². The zero-order chi connectivity index (χ0) is 15.6. The van der Waals surface area contributed by atoms with Gasteiger partial charge in [0.25, 0.3) is 0 Å². The maximum absolute atomic E-state index is 6.12. The number of methoxy groups -OCH3 is 2. The molecule has 21 heavy (non-hydrogen) atoms. The summed E-state index contributed by atoms with van der Waals surface area (Å²) in [5.74, 6) is 0.849. The van der Waals surface area contributed by atoms with Crippen LogP contribution in [-0.4, -0.2) is 49.5 Å². The van der Waals surface area contributed by atoms with Crippen molar-refractivity contribution in [2.45, 2.75) is 44.8 Å². The first-order valence-electron chi connectivity index (χ1n) is 7.18. The van der Waals surface area contributed by atoms with Crippen LogP contribution in [0.25, 0.3) is 0 Å². The molecule has 1 fully saturated rings. The van der Waals surface area contributed by atoms with Crippen molar-refractivity contribution < 1.29 is 9.47 Å².